The van der Waals surface area contributed by atoms with Crippen molar-refractivity contribution in [3.05, 3.63) is 12.2 Å². The molecule has 5 nitrogen and oxygen atoms in total. The van der Waals surface area contributed by atoms with Crippen LogP contribution in [0.5, 0.6) is 0 Å². The smallest absolute Gasteiger partial charge is 0.223 e. The highest BCUT2D eigenvalue weighted by Gasteiger charge is 2.36. The third-order valence-corrected chi connectivity index (χ3v) is 3.88. The van der Waals surface area contributed by atoms with Gasteiger partial charge >= 0.3 is 0 Å². The highest BCUT2D eigenvalue weighted by atomic mass is 16.5. The number of rotatable bonds is 3. The zero-order chi connectivity index (χ0) is 14.0. The van der Waals surface area contributed by atoms with Crippen molar-refractivity contribution >= 4 is 5.91 Å². The van der Waals surface area contributed by atoms with E-state index >= 15 is 0 Å². The van der Waals surface area contributed by atoms with Gasteiger partial charge in [-0.2, -0.15) is 4.98 Å². The summed E-state index contributed by atoms with van der Waals surface area (Å²) in [6.07, 6.45) is 4.39. The monoisotopic (exact) mass is 265 g/mol. The summed E-state index contributed by atoms with van der Waals surface area (Å²) in [6.45, 7) is 8.58. The van der Waals surface area contributed by atoms with Crippen molar-refractivity contribution < 1.29 is 9.32 Å². The number of hydrogen-bond donors (Lipinski definition) is 1. The Hall–Kier alpha value is -1.39. The zero-order valence-electron chi connectivity index (χ0n) is 12.1. The van der Waals surface area contributed by atoms with E-state index in [-0.39, 0.29) is 23.3 Å². The van der Waals surface area contributed by atoms with Crippen molar-refractivity contribution in [3.8, 4) is 0 Å². The van der Waals surface area contributed by atoms with Gasteiger partial charge in [0.05, 0.1) is 6.04 Å². The maximum absolute atomic E-state index is 12.3. The van der Waals surface area contributed by atoms with Crippen LogP contribution < -0.4 is 5.32 Å². The molecule has 0 bridgehead atoms. The Morgan fingerprint density at radius 1 is 1.53 bits per heavy atom. The second-order valence-corrected chi connectivity index (χ2v) is 6.63. The maximum atomic E-state index is 12.3. The number of aromatic nitrogens is 2. The molecule has 3 atom stereocenters. The topological polar surface area (TPSA) is 68.0 Å². The Kier molecular flexibility index (Phi) is 3.92. The molecule has 19 heavy (non-hydrogen) atoms. The molecule has 5 heteroatoms. The number of hydrogen-bond acceptors (Lipinski definition) is 4. The molecule has 1 aliphatic carbocycles. The zero-order valence-corrected chi connectivity index (χ0v) is 12.1. The molecule has 1 aromatic rings. The summed E-state index contributed by atoms with van der Waals surface area (Å²) in [7, 11) is 0. The van der Waals surface area contributed by atoms with Crippen LogP contribution in [-0.4, -0.2) is 16.0 Å². The van der Waals surface area contributed by atoms with Crippen LogP contribution >= 0.6 is 0 Å². The van der Waals surface area contributed by atoms with Crippen LogP contribution in [0.4, 0.5) is 0 Å². The van der Waals surface area contributed by atoms with E-state index in [0.29, 0.717) is 11.7 Å². The summed E-state index contributed by atoms with van der Waals surface area (Å²) in [5, 5.41) is 6.74. The van der Waals surface area contributed by atoms with E-state index in [1.165, 1.54) is 12.8 Å². The molecule has 3 unspecified atom stereocenters. The summed E-state index contributed by atoms with van der Waals surface area (Å²) in [6, 6.07) is -0.202. The third-order valence-electron chi connectivity index (χ3n) is 3.88. The number of nitrogens with one attached hydrogen (secondary N) is 1. The van der Waals surface area contributed by atoms with Crippen molar-refractivity contribution in [2.24, 2.45) is 17.3 Å². The first kappa shape index (κ1) is 14.0. The molecule has 0 aliphatic heterocycles. The van der Waals surface area contributed by atoms with Gasteiger partial charge in [-0.3, -0.25) is 4.79 Å². The lowest BCUT2D eigenvalue weighted by Crippen LogP contribution is -2.39. The molecular formula is C14H23N3O2. The molecule has 0 spiro atoms. The van der Waals surface area contributed by atoms with Crippen LogP contribution in [0, 0.1) is 17.3 Å². The number of carbonyl (C=O) groups excluding carboxylic acids is 1. The van der Waals surface area contributed by atoms with Gasteiger partial charge in [0.2, 0.25) is 12.3 Å². The van der Waals surface area contributed by atoms with E-state index < -0.39 is 0 Å². The lowest BCUT2D eigenvalue weighted by atomic mass is 9.68. The molecule has 1 saturated carbocycles. The van der Waals surface area contributed by atoms with Gasteiger partial charge in [-0.1, -0.05) is 25.9 Å². The van der Waals surface area contributed by atoms with E-state index in [9.17, 15) is 4.79 Å². The first-order chi connectivity index (χ1) is 8.87. The van der Waals surface area contributed by atoms with Crippen LogP contribution in [0.2, 0.25) is 0 Å². The fourth-order valence-corrected chi connectivity index (χ4v) is 3.31. The van der Waals surface area contributed by atoms with Crippen molar-refractivity contribution in [1.82, 2.24) is 15.5 Å². The molecule has 0 saturated heterocycles. The van der Waals surface area contributed by atoms with Crippen molar-refractivity contribution in [2.45, 2.75) is 53.0 Å². The fourth-order valence-electron chi connectivity index (χ4n) is 3.31. The summed E-state index contributed by atoms with van der Waals surface area (Å²) >= 11 is 0. The minimum Gasteiger partial charge on any atom is -0.346 e. The van der Waals surface area contributed by atoms with Gasteiger partial charge in [0.15, 0.2) is 5.82 Å². The molecule has 1 heterocycles. The second-order valence-electron chi connectivity index (χ2n) is 6.63. The third kappa shape index (κ3) is 3.55. The van der Waals surface area contributed by atoms with Gasteiger partial charge < -0.3 is 9.84 Å². The molecular weight excluding hydrogens is 242 g/mol. The maximum Gasteiger partial charge on any atom is 0.223 e. The molecule has 1 aromatic heterocycles. The molecule has 0 aromatic carbocycles. The van der Waals surface area contributed by atoms with E-state index in [1.807, 2.05) is 6.92 Å². The molecule has 106 valence electrons. The SMILES string of the molecule is CC1CC(C(=O)NC(C)c2ncon2)CC(C)(C)C1. The number of carbonyl (C=O) groups is 1. The van der Waals surface area contributed by atoms with Crippen LogP contribution in [-0.2, 0) is 4.79 Å². The van der Waals surface area contributed by atoms with E-state index in [1.54, 1.807) is 0 Å². The molecule has 1 N–H and O–H groups in total. The summed E-state index contributed by atoms with van der Waals surface area (Å²) < 4.78 is 4.70. The largest absolute Gasteiger partial charge is 0.346 e. The van der Waals surface area contributed by atoms with E-state index in [2.05, 4.69) is 36.2 Å². The Labute approximate surface area is 114 Å². The molecule has 0 radical (unpaired) electrons. The van der Waals surface area contributed by atoms with Crippen LogP contribution in [0.15, 0.2) is 10.9 Å². The average Bonchev–Trinajstić information content (AvgIpc) is 2.79. The lowest BCUT2D eigenvalue weighted by Gasteiger charge is -2.38. The Bertz CT molecular complexity index is 428. The Balaban J connectivity index is 1.96. The van der Waals surface area contributed by atoms with Crippen LogP contribution in [0.25, 0.3) is 0 Å². The molecule has 2 rings (SSSR count). The first-order valence-electron chi connectivity index (χ1n) is 6.94. The molecule has 1 fully saturated rings. The lowest BCUT2D eigenvalue weighted by molar-refractivity contribution is -0.128. The highest BCUT2D eigenvalue weighted by Crippen LogP contribution is 2.41. The summed E-state index contributed by atoms with van der Waals surface area (Å²) in [4.78, 5) is 16.3. The summed E-state index contributed by atoms with van der Waals surface area (Å²) in [5.74, 6) is 1.32. The van der Waals surface area contributed by atoms with E-state index in [4.69, 9.17) is 4.52 Å². The minimum atomic E-state index is -0.202. The average molecular weight is 265 g/mol. The van der Waals surface area contributed by atoms with Crippen LogP contribution in [0.3, 0.4) is 0 Å². The minimum absolute atomic E-state index is 0.0908. The summed E-state index contributed by atoms with van der Waals surface area (Å²) in [5.41, 5.74) is 0.245. The van der Waals surface area contributed by atoms with Gasteiger partial charge in [0, 0.05) is 5.92 Å². The standard InChI is InChI=1S/C14H23N3O2/c1-9-5-11(7-14(3,4)6-9)13(18)16-10(2)12-15-8-19-17-12/h8-11H,5-7H2,1-4H3,(H,16,18). The Morgan fingerprint density at radius 2 is 2.26 bits per heavy atom. The number of amides is 1. The highest BCUT2D eigenvalue weighted by molar-refractivity contribution is 5.79. The van der Waals surface area contributed by atoms with Gasteiger partial charge in [-0.05, 0) is 37.5 Å². The van der Waals surface area contributed by atoms with Gasteiger partial charge in [-0.25, -0.2) is 0 Å². The van der Waals surface area contributed by atoms with Crippen molar-refractivity contribution in [2.75, 3.05) is 0 Å². The number of nitrogens with zero attached hydrogens (tertiary/aromatic N) is 2. The van der Waals surface area contributed by atoms with E-state index in [0.717, 1.165) is 12.8 Å². The predicted octanol–water partition coefficient (Wildman–Crippen LogP) is 2.71. The van der Waals surface area contributed by atoms with Crippen LogP contribution in [0.1, 0.15) is 58.8 Å². The second kappa shape index (κ2) is 5.31. The van der Waals surface area contributed by atoms with Gasteiger partial charge in [-0.15, -0.1) is 0 Å². The van der Waals surface area contributed by atoms with Crippen molar-refractivity contribution in [3.63, 3.8) is 0 Å². The fraction of sp³-hybridized carbons (Fsp3) is 0.786. The van der Waals surface area contributed by atoms with Crippen molar-refractivity contribution in [1.29, 1.82) is 0 Å². The molecule has 1 aliphatic rings. The van der Waals surface area contributed by atoms with Gasteiger partial charge in [0.25, 0.3) is 0 Å². The van der Waals surface area contributed by atoms with Gasteiger partial charge in [0.1, 0.15) is 0 Å². The Morgan fingerprint density at radius 3 is 2.84 bits per heavy atom. The first-order valence-corrected chi connectivity index (χ1v) is 6.94. The predicted molar refractivity (Wildman–Crippen MR) is 71.1 cm³/mol. The quantitative estimate of drug-likeness (QED) is 0.912. The molecule has 1 amide bonds. The normalized spacial score (nSPS) is 27.8.